The van der Waals surface area contributed by atoms with E-state index in [-0.39, 0.29) is 5.56 Å². The number of rotatable bonds is 2. The van der Waals surface area contributed by atoms with Crippen LogP contribution >= 0.6 is 11.3 Å². The number of nitrogens with zero attached hydrogens (tertiary/aromatic N) is 3. The summed E-state index contributed by atoms with van der Waals surface area (Å²) in [4.78, 5) is 19.9. The molecule has 0 atom stereocenters. The zero-order valence-corrected chi connectivity index (χ0v) is 12.5. The molecule has 0 saturated carbocycles. The molecule has 3 aromatic rings. The summed E-state index contributed by atoms with van der Waals surface area (Å²) >= 11 is 1.40. The minimum Gasteiger partial charge on any atom is -0.465 e. The van der Waals surface area contributed by atoms with Gasteiger partial charge in [0.25, 0.3) is 5.56 Å². The highest BCUT2D eigenvalue weighted by Crippen LogP contribution is 2.14. The number of para-hydroxylation sites is 1. The van der Waals surface area contributed by atoms with Crippen molar-refractivity contribution in [1.82, 2.24) is 4.57 Å². The molecule has 0 aliphatic carbocycles. The van der Waals surface area contributed by atoms with Crippen LogP contribution in [-0.2, 0) is 6.67 Å². The Morgan fingerprint density at radius 1 is 1.18 bits per heavy atom. The van der Waals surface area contributed by atoms with E-state index in [1.165, 1.54) is 11.3 Å². The van der Waals surface area contributed by atoms with Crippen LogP contribution in [0.25, 0.3) is 6.08 Å². The van der Waals surface area contributed by atoms with Gasteiger partial charge >= 0.3 is 0 Å². The van der Waals surface area contributed by atoms with Crippen molar-refractivity contribution in [3.05, 3.63) is 74.2 Å². The summed E-state index contributed by atoms with van der Waals surface area (Å²) in [5, 5.41) is 0. The van der Waals surface area contributed by atoms with Gasteiger partial charge in [-0.25, -0.2) is 4.99 Å². The third-order valence-corrected chi connectivity index (χ3v) is 4.56. The molecule has 0 N–H and O–H groups in total. The summed E-state index contributed by atoms with van der Waals surface area (Å²) in [5.41, 5.74) is 1.03. The zero-order chi connectivity index (χ0) is 14.9. The van der Waals surface area contributed by atoms with Gasteiger partial charge in [0.05, 0.1) is 10.8 Å². The van der Waals surface area contributed by atoms with Gasteiger partial charge in [-0.1, -0.05) is 29.5 Å². The Morgan fingerprint density at radius 2 is 2.05 bits per heavy atom. The van der Waals surface area contributed by atoms with Crippen molar-refractivity contribution in [2.24, 2.45) is 4.99 Å². The molecular weight excluding hydrogens is 298 g/mol. The number of furan rings is 1. The van der Waals surface area contributed by atoms with E-state index >= 15 is 0 Å². The van der Waals surface area contributed by atoms with Crippen LogP contribution < -0.4 is 19.8 Å². The van der Waals surface area contributed by atoms with Gasteiger partial charge in [0.1, 0.15) is 19.1 Å². The second-order valence-electron chi connectivity index (χ2n) is 4.96. The van der Waals surface area contributed by atoms with Crippen molar-refractivity contribution in [2.45, 2.75) is 6.67 Å². The first kappa shape index (κ1) is 13.1. The first-order valence-corrected chi connectivity index (χ1v) is 7.72. The third-order valence-electron chi connectivity index (χ3n) is 3.51. The second-order valence-corrected chi connectivity index (χ2v) is 5.97. The smallest absolute Gasteiger partial charge is 0.271 e. The van der Waals surface area contributed by atoms with E-state index in [0.29, 0.717) is 23.6 Å². The van der Waals surface area contributed by atoms with Crippen molar-refractivity contribution < 1.29 is 4.42 Å². The SMILES string of the molecule is O=c1c(=Cc2ccco2)sc2n1CN(c1ccccc1)CN=2. The fourth-order valence-corrected chi connectivity index (χ4v) is 3.36. The lowest BCUT2D eigenvalue weighted by Crippen LogP contribution is -2.42. The average Bonchev–Trinajstić information content (AvgIpc) is 3.17. The first-order chi connectivity index (χ1) is 10.8. The quantitative estimate of drug-likeness (QED) is 0.718. The van der Waals surface area contributed by atoms with Crippen molar-refractivity contribution >= 4 is 23.1 Å². The van der Waals surface area contributed by atoms with Crippen molar-refractivity contribution in [2.75, 3.05) is 11.6 Å². The van der Waals surface area contributed by atoms with Crippen LogP contribution in [0, 0.1) is 0 Å². The Labute approximate surface area is 130 Å². The van der Waals surface area contributed by atoms with E-state index in [4.69, 9.17) is 4.42 Å². The molecule has 110 valence electrons. The molecule has 0 amide bonds. The summed E-state index contributed by atoms with van der Waals surface area (Å²) in [6.07, 6.45) is 3.36. The predicted molar refractivity (Wildman–Crippen MR) is 85.4 cm³/mol. The highest BCUT2D eigenvalue weighted by molar-refractivity contribution is 7.07. The van der Waals surface area contributed by atoms with Crippen LogP contribution in [-0.4, -0.2) is 11.2 Å². The number of thiazole rings is 1. The fraction of sp³-hybridized carbons (Fsp3) is 0.125. The average molecular weight is 311 g/mol. The molecule has 22 heavy (non-hydrogen) atoms. The lowest BCUT2D eigenvalue weighted by Gasteiger charge is -2.25. The molecular formula is C16H13N3O2S. The maximum atomic E-state index is 12.5. The molecule has 0 saturated heterocycles. The first-order valence-electron chi connectivity index (χ1n) is 6.90. The molecule has 6 heteroatoms. The second kappa shape index (κ2) is 5.31. The van der Waals surface area contributed by atoms with Crippen molar-refractivity contribution in [1.29, 1.82) is 0 Å². The monoisotopic (exact) mass is 311 g/mol. The van der Waals surface area contributed by atoms with Crippen LogP contribution in [0.2, 0.25) is 0 Å². The number of hydrogen-bond acceptors (Lipinski definition) is 5. The molecule has 2 aromatic heterocycles. The van der Waals surface area contributed by atoms with Crippen LogP contribution in [0.15, 0.2) is 62.9 Å². The van der Waals surface area contributed by atoms with E-state index in [2.05, 4.69) is 9.89 Å². The molecule has 1 aliphatic rings. The fourth-order valence-electron chi connectivity index (χ4n) is 2.42. The molecule has 1 aliphatic heterocycles. The van der Waals surface area contributed by atoms with Crippen LogP contribution in [0.4, 0.5) is 5.69 Å². The van der Waals surface area contributed by atoms with Gasteiger partial charge in [0, 0.05) is 11.8 Å². The Balaban J connectivity index is 1.75. The van der Waals surface area contributed by atoms with Gasteiger partial charge in [-0.15, -0.1) is 0 Å². The minimum absolute atomic E-state index is 0.0271. The van der Waals surface area contributed by atoms with Crippen molar-refractivity contribution in [3.8, 4) is 0 Å². The van der Waals surface area contributed by atoms with Gasteiger partial charge in [0.2, 0.25) is 0 Å². The van der Waals surface area contributed by atoms with E-state index in [9.17, 15) is 4.79 Å². The molecule has 0 spiro atoms. The van der Waals surface area contributed by atoms with Crippen LogP contribution in [0.5, 0.6) is 0 Å². The van der Waals surface area contributed by atoms with Gasteiger partial charge in [-0.05, 0) is 24.3 Å². The molecule has 0 fully saturated rings. The standard InChI is InChI=1S/C16H13N3O2S/c20-15-14(9-13-7-4-8-21-13)22-16-17-10-18(11-19(15)16)12-5-2-1-3-6-12/h1-9H,10-11H2. The molecule has 5 nitrogen and oxygen atoms in total. The molecule has 0 unspecified atom stereocenters. The maximum Gasteiger partial charge on any atom is 0.271 e. The molecule has 4 rings (SSSR count). The number of hydrogen-bond donors (Lipinski definition) is 0. The molecule has 0 radical (unpaired) electrons. The molecule has 1 aromatic carbocycles. The van der Waals surface area contributed by atoms with Crippen LogP contribution in [0.3, 0.4) is 0 Å². The zero-order valence-electron chi connectivity index (χ0n) is 11.7. The summed E-state index contributed by atoms with van der Waals surface area (Å²) < 4.78 is 7.62. The van der Waals surface area contributed by atoms with Gasteiger partial charge in [-0.2, -0.15) is 0 Å². The predicted octanol–water partition coefficient (Wildman–Crippen LogP) is 1.39. The number of anilines is 1. The largest absolute Gasteiger partial charge is 0.465 e. The van der Waals surface area contributed by atoms with Gasteiger partial charge in [-0.3, -0.25) is 9.36 Å². The Kier molecular flexibility index (Phi) is 3.16. The van der Waals surface area contributed by atoms with Gasteiger partial charge < -0.3 is 9.32 Å². The number of fused-ring (bicyclic) bond motifs is 1. The van der Waals surface area contributed by atoms with E-state index < -0.39 is 0 Å². The summed E-state index contributed by atoms with van der Waals surface area (Å²) in [6, 6.07) is 13.6. The Bertz CT molecular complexity index is 955. The lowest BCUT2D eigenvalue weighted by molar-refractivity contribution is 0.556. The Hall–Kier alpha value is -2.60. The highest BCUT2D eigenvalue weighted by atomic mass is 32.1. The topological polar surface area (TPSA) is 50.7 Å². The van der Waals surface area contributed by atoms with E-state index in [0.717, 1.165) is 10.5 Å². The van der Waals surface area contributed by atoms with Gasteiger partial charge in [0.15, 0.2) is 4.80 Å². The van der Waals surface area contributed by atoms with E-state index in [1.807, 2.05) is 36.4 Å². The van der Waals surface area contributed by atoms with Crippen LogP contribution in [0.1, 0.15) is 5.76 Å². The van der Waals surface area contributed by atoms with Crippen molar-refractivity contribution in [3.63, 3.8) is 0 Å². The normalized spacial score (nSPS) is 14.7. The van der Waals surface area contributed by atoms with E-state index in [1.54, 1.807) is 23.0 Å². The highest BCUT2D eigenvalue weighted by Gasteiger charge is 2.15. The third kappa shape index (κ3) is 2.27. The number of aromatic nitrogens is 1. The maximum absolute atomic E-state index is 12.5. The number of benzene rings is 1. The summed E-state index contributed by atoms with van der Waals surface area (Å²) in [5.74, 6) is 0.677. The minimum atomic E-state index is -0.0271. The Morgan fingerprint density at radius 3 is 2.82 bits per heavy atom. The summed E-state index contributed by atoms with van der Waals surface area (Å²) in [7, 11) is 0. The molecule has 0 bridgehead atoms. The lowest BCUT2D eigenvalue weighted by atomic mass is 10.3. The summed E-state index contributed by atoms with van der Waals surface area (Å²) in [6.45, 7) is 1.08. The molecule has 3 heterocycles.